The molecule has 0 aliphatic carbocycles. The van der Waals surface area contributed by atoms with Crippen molar-refractivity contribution in [2.45, 2.75) is 13.3 Å². The van der Waals surface area contributed by atoms with E-state index in [0.717, 1.165) is 37.2 Å². The molecule has 2 amide bonds. The number of carbonyl (C=O) groups excluding carboxylic acids is 2. The van der Waals surface area contributed by atoms with E-state index >= 15 is 0 Å². The Morgan fingerprint density at radius 3 is 2.46 bits per heavy atom. The van der Waals surface area contributed by atoms with Crippen LogP contribution in [0.25, 0.3) is 5.57 Å². The Bertz CT molecular complexity index is 596. The highest BCUT2D eigenvalue weighted by Crippen LogP contribution is 2.14. The van der Waals surface area contributed by atoms with Gasteiger partial charge in [-0.25, -0.2) is 0 Å². The van der Waals surface area contributed by atoms with Crippen molar-refractivity contribution in [3.63, 3.8) is 0 Å². The predicted molar refractivity (Wildman–Crippen MR) is 96.4 cm³/mol. The third-order valence-electron chi connectivity index (χ3n) is 4.33. The molecule has 2 rings (SSSR count). The van der Waals surface area contributed by atoms with Crippen LogP contribution < -0.4 is 0 Å². The fourth-order valence-electron chi connectivity index (χ4n) is 2.74. The van der Waals surface area contributed by atoms with Crippen molar-refractivity contribution < 1.29 is 9.59 Å². The minimum absolute atomic E-state index is 0.0529. The highest BCUT2D eigenvalue weighted by atomic mass is 16.2. The van der Waals surface area contributed by atoms with E-state index in [-0.39, 0.29) is 11.8 Å². The molecule has 5 nitrogen and oxygen atoms in total. The van der Waals surface area contributed by atoms with E-state index < -0.39 is 0 Å². The fourth-order valence-corrected chi connectivity index (χ4v) is 2.74. The summed E-state index contributed by atoms with van der Waals surface area (Å²) < 4.78 is 0. The van der Waals surface area contributed by atoms with Gasteiger partial charge in [-0.1, -0.05) is 30.3 Å². The van der Waals surface area contributed by atoms with Gasteiger partial charge in [0.05, 0.1) is 6.54 Å². The van der Waals surface area contributed by atoms with E-state index in [9.17, 15) is 9.59 Å². The van der Waals surface area contributed by atoms with Crippen LogP contribution in [0.2, 0.25) is 0 Å². The molecule has 0 atom stereocenters. The van der Waals surface area contributed by atoms with Gasteiger partial charge in [0, 0.05) is 46.4 Å². The van der Waals surface area contributed by atoms with E-state index in [1.54, 1.807) is 25.1 Å². The molecule has 1 saturated heterocycles. The summed E-state index contributed by atoms with van der Waals surface area (Å²) >= 11 is 0. The second-order valence-electron chi connectivity index (χ2n) is 6.44. The maximum atomic E-state index is 12.5. The second-order valence-corrected chi connectivity index (χ2v) is 6.44. The molecule has 24 heavy (non-hydrogen) atoms. The summed E-state index contributed by atoms with van der Waals surface area (Å²) in [6.45, 7) is 5.39. The normalized spacial score (nSPS) is 16.6. The van der Waals surface area contributed by atoms with Crippen LogP contribution in [0.3, 0.4) is 0 Å². The Labute approximate surface area is 144 Å². The monoisotopic (exact) mass is 329 g/mol. The maximum Gasteiger partial charge on any atom is 0.246 e. The first-order chi connectivity index (χ1) is 11.5. The maximum absolute atomic E-state index is 12.5. The number of amides is 2. The van der Waals surface area contributed by atoms with Gasteiger partial charge in [-0.2, -0.15) is 0 Å². The molecule has 0 saturated carbocycles. The Morgan fingerprint density at radius 1 is 1.08 bits per heavy atom. The number of carbonyl (C=O) groups is 2. The van der Waals surface area contributed by atoms with E-state index in [4.69, 9.17) is 0 Å². The lowest BCUT2D eigenvalue weighted by Crippen LogP contribution is -2.39. The van der Waals surface area contributed by atoms with Gasteiger partial charge in [-0.15, -0.1) is 0 Å². The fraction of sp³-hybridized carbons (Fsp3) is 0.474. The second kappa shape index (κ2) is 8.64. The molecule has 0 aromatic heterocycles. The number of hydrogen-bond acceptors (Lipinski definition) is 3. The predicted octanol–water partition coefficient (Wildman–Crippen LogP) is 1.71. The lowest BCUT2D eigenvalue weighted by Gasteiger charge is -2.22. The van der Waals surface area contributed by atoms with Gasteiger partial charge in [-0.05, 0) is 24.5 Å². The third kappa shape index (κ3) is 5.20. The summed E-state index contributed by atoms with van der Waals surface area (Å²) in [6, 6.07) is 9.94. The van der Waals surface area contributed by atoms with E-state index in [1.165, 1.54) is 0 Å². The summed E-state index contributed by atoms with van der Waals surface area (Å²) in [4.78, 5) is 30.0. The summed E-state index contributed by atoms with van der Waals surface area (Å²) in [5.74, 6) is 0.159. The molecule has 1 aliphatic rings. The molecular formula is C19H27N3O2. The zero-order chi connectivity index (χ0) is 17.5. The van der Waals surface area contributed by atoms with Gasteiger partial charge in [0.25, 0.3) is 0 Å². The van der Waals surface area contributed by atoms with Gasteiger partial charge in [0.1, 0.15) is 0 Å². The van der Waals surface area contributed by atoms with Crippen molar-refractivity contribution in [2.24, 2.45) is 0 Å². The Kier molecular flexibility index (Phi) is 6.55. The lowest BCUT2D eigenvalue weighted by atomic mass is 10.1. The number of likely N-dealkylation sites (N-methyl/N-ethyl adjacent to an activating group) is 1. The molecule has 1 aromatic carbocycles. The summed E-state index contributed by atoms with van der Waals surface area (Å²) in [6.07, 6.45) is 2.61. The molecule has 0 N–H and O–H groups in total. The van der Waals surface area contributed by atoms with Crippen LogP contribution in [0.4, 0.5) is 0 Å². The third-order valence-corrected chi connectivity index (χ3v) is 4.33. The van der Waals surface area contributed by atoms with Crippen LogP contribution in [0, 0.1) is 0 Å². The molecule has 0 radical (unpaired) electrons. The van der Waals surface area contributed by atoms with Crippen molar-refractivity contribution in [3.05, 3.63) is 42.0 Å². The molecule has 0 spiro atoms. The molecule has 0 bridgehead atoms. The van der Waals surface area contributed by atoms with Crippen LogP contribution in [0.5, 0.6) is 0 Å². The molecule has 1 aromatic rings. The first kappa shape index (κ1) is 18.2. The molecule has 1 aliphatic heterocycles. The first-order valence-corrected chi connectivity index (χ1v) is 8.42. The molecular weight excluding hydrogens is 302 g/mol. The minimum Gasteiger partial charge on any atom is -0.348 e. The standard InChI is InChI=1S/C19H27N3O2/c1-16(17-8-5-4-6-9-17)14-18(23)22-11-7-10-21(12-13-22)15-19(24)20(2)3/h4-6,8-9,14H,7,10-13,15H2,1-3H3/b16-14-. The van der Waals surface area contributed by atoms with Gasteiger partial charge in [0.15, 0.2) is 0 Å². The smallest absolute Gasteiger partial charge is 0.246 e. The van der Waals surface area contributed by atoms with Crippen molar-refractivity contribution in [1.82, 2.24) is 14.7 Å². The summed E-state index contributed by atoms with van der Waals surface area (Å²) in [5.41, 5.74) is 2.04. The van der Waals surface area contributed by atoms with E-state index in [0.29, 0.717) is 13.1 Å². The summed E-state index contributed by atoms with van der Waals surface area (Å²) in [7, 11) is 3.54. The van der Waals surface area contributed by atoms with Crippen molar-refractivity contribution in [1.29, 1.82) is 0 Å². The van der Waals surface area contributed by atoms with Crippen molar-refractivity contribution >= 4 is 17.4 Å². The number of allylic oxidation sites excluding steroid dienone is 1. The Morgan fingerprint density at radius 2 is 1.79 bits per heavy atom. The zero-order valence-corrected chi connectivity index (χ0v) is 14.9. The van der Waals surface area contributed by atoms with Crippen molar-refractivity contribution in [3.8, 4) is 0 Å². The summed E-state index contributed by atoms with van der Waals surface area (Å²) in [5, 5.41) is 0. The minimum atomic E-state index is 0.0529. The number of nitrogens with zero attached hydrogens (tertiary/aromatic N) is 3. The van der Waals surface area contributed by atoms with Crippen molar-refractivity contribution in [2.75, 3.05) is 46.8 Å². The quantitative estimate of drug-likeness (QED) is 0.790. The van der Waals surface area contributed by atoms with Gasteiger partial charge in [-0.3, -0.25) is 14.5 Å². The van der Waals surface area contributed by atoms with Crippen LogP contribution in [-0.4, -0.2) is 73.3 Å². The molecule has 130 valence electrons. The highest BCUT2D eigenvalue weighted by Gasteiger charge is 2.20. The topological polar surface area (TPSA) is 43.9 Å². The van der Waals surface area contributed by atoms with E-state index in [2.05, 4.69) is 4.90 Å². The largest absolute Gasteiger partial charge is 0.348 e. The lowest BCUT2D eigenvalue weighted by molar-refractivity contribution is -0.129. The van der Waals surface area contributed by atoms with Gasteiger partial charge < -0.3 is 9.80 Å². The zero-order valence-electron chi connectivity index (χ0n) is 14.9. The SMILES string of the molecule is C/C(=C/C(=O)N1CCCN(CC(=O)N(C)C)CC1)c1ccccc1. The molecule has 1 heterocycles. The van der Waals surface area contributed by atoms with Crippen LogP contribution in [0.15, 0.2) is 36.4 Å². The molecule has 1 fully saturated rings. The van der Waals surface area contributed by atoms with Gasteiger partial charge >= 0.3 is 0 Å². The first-order valence-electron chi connectivity index (χ1n) is 8.42. The van der Waals surface area contributed by atoms with Crippen LogP contribution in [0.1, 0.15) is 18.9 Å². The van der Waals surface area contributed by atoms with Crippen LogP contribution in [-0.2, 0) is 9.59 Å². The number of rotatable bonds is 4. The number of hydrogen-bond donors (Lipinski definition) is 0. The molecule has 0 unspecified atom stereocenters. The van der Waals surface area contributed by atoms with Gasteiger partial charge in [0.2, 0.25) is 11.8 Å². The Hall–Kier alpha value is -2.14. The Balaban J connectivity index is 1.93. The number of benzene rings is 1. The molecule has 5 heteroatoms. The van der Waals surface area contributed by atoms with E-state index in [1.807, 2.05) is 42.2 Å². The highest BCUT2D eigenvalue weighted by molar-refractivity contribution is 5.94. The average Bonchev–Trinajstić information content (AvgIpc) is 2.81. The average molecular weight is 329 g/mol. The van der Waals surface area contributed by atoms with Crippen LogP contribution >= 0.6 is 0 Å².